The van der Waals surface area contributed by atoms with E-state index in [0.29, 0.717) is 6.61 Å². The molecule has 0 spiro atoms. The summed E-state index contributed by atoms with van der Waals surface area (Å²) < 4.78 is 31.7. The van der Waals surface area contributed by atoms with Crippen LogP contribution in [0.3, 0.4) is 0 Å². The molecule has 0 amide bonds. The lowest BCUT2D eigenvalue weighted by Crippen LogP contribution is -2.66. The first-order valence-corrected chi connectivity index (χ1v) is 23.9. The SMILES string of the molecule is C[Si](C)(C)OCC1O[C@@H](O)[C@@H](O[Si](C)(C)C)[C@@H](O[Si](C)(C)C)[C@@H]1O[Si](C)(C)C. The molecule has 0 aliphatic carbocycles. The third-order valence-electron chi connectivity index (χ3n) is 3.76. The fraction of sp³-hybridized carbons (Fsp3) is 1.00. The molecular weight excluding hydrogens is 425 g/mol. The van der Waals surface area contributed by atoms with Gasteiger partial charge >= 0.3 is 0 Å². The molecule has 168 valence electrons. The summed E-state index contributed by atoms with van der Waals surface area (Å²) >= 11 is 0. The number of ether oxygens (including phenoxy) is 1. The van der Waals surface area contributed by atoms with Gasteiger partial charge in [0.2, 0.25) is 0 Å². The number of rotatable bonds is 9. The molecule has 1 saturated heterocycles. The predicted molar refractivity (Wildman–Crippen MR) is 125 cm³/mol. The minimum atomic E-state index is -1.94. The van der Waals surface area contributed by atoms with Gasteiger partial charge in [0.15, 0.2) is 39.6 Å². The fourth-order valence-corrected chi connectivity index (χ4v) is 6.91. The number of hydrogen-bond acceptors (Lipinski definition) is 6. The van der Waals surface area contributed by atoms with Crippen LogP contribution in [0, 0.1) is 0 Å². The minimum Gasteiger partial charge on any atom is -0.415 e. The molecule has 28 heavy (non-hydrogen) atoms. The molecule has 1 aliphatic rings. The van der Waals surface area contributed by atoms with Crippen molar-refractivity contribution in [2.45, 2.75) is 109 Å². The second kappa shape index (κ2) is 9.41. The van der Waals surface area contributed by atoms with E-state index >= 15 is 0 Å². The zero-order valence-corrected chi connectivity index (χ0v) is 24.1. The van der Waals surface area contributed by atoms with Gasteiger partial charge < -0.3 is 27.5 Å². The van der Waals surface area contributed by atoms with Crippen LogP contribution >= 0.6 is 0 Å². The molecule has 0 aromatic rings. The first-order valence-electron chi connectivity index (χ1n) is 10.3. The van der Waals surface area contributed by atoms with Crippen molar-refractivity contribution in [2.24, 2.45) is 0 Å². The number of aliphatic hydroxyl groups is 1. The summed E-state index contributed by atoms with van der Waals surface area (Å²) in [5.74, 6) is 0. The average Bonchev–Trinajstić information content (AvgIpc) is 2.39. The Balaban J connectivity index is 3.26. The molecule has 1 N–H and O–H groups in total. The van der Waals surface area contributed by atoms with Crippen molar-refractivity contribution >= 4 is 33.3 Å². The van der Waals surface area contributed by atoms with Crippen LogP contribution in [-0.4, -0.2) is 75.7 Å². The molecule has 1 aliphatic heterocycles. The van der Waals surface area contributed by atoms with Gasteiger partial charge in [-0.3, -0.25) is 0 Å². The van der Waals surface area contributed by atoms with Crippen LogP contribution in [0.15, 0.2) is 0 Å². The van der Waals surface area contributed by atoms with Crippen molar-refractivity contribution < 1.29 is 27.5 Å². The lowest BCUT2D eigenvalue weighted by atomic mass is 9.99. The van der Waals surface area contributed by atoms with Gasteiger partial charge in [-0.1, -0.05) is 0 Å². The van der Waals surface area contributed by atoms with E-state index in [4.69, 9.17) is 22.4 Å². The highest BCUT2D eigenvalue weighted by atomic mass is 28.4. The van der Waals surface area contributed by atoms with Crippen molar-refractivity contribution in [2.75, 3.05) is 6.61 Å². The molecule has 0 aromatic carbocycles. The maximum atomic E-state index is 10.8. The molecule has 1 fully saturated rings. The van der Waals surface area contributed by atoms with E-state index in [-0.39, 0.29) is 18.3 Å². The molecule has 1 heterocycles. The summed E-state index contributed by atoms with van der Waals surface area (Å²) in [7, 11) is -7.50. The first-order chi connectivity index (χ1) is 12.3. The summed E-state index contributed by atoms with van der Waals surface area (Å²) in [6.07, 6.45) is -2.67. The second-order valence-corrected chi connectivity index (χ2v) is 29.5. The van der Waals surface area contributed by atoms with E-state index < -0.39 is 45.7 Å². The lowest BCUT2D eigenvalue weighted by Gasteiger charge is -2.49. The number of hydrogen-bond donors (Lipinski definition) is 1. The third-order valence-corrected chi connectivity index (χ3v) is 7.73. The van der Waals surface area contributed by atoms with Crippen molar-refractivity contribution in [3.63, 3.8) is 0 Å². The van der Waals surface area contributed by atoms with Crippen LogP contribution in [0.25, 0.3) is 0 Å². The van der Waals surface area contributed by atoms with Crippen LogP contribution < -0.4 is 0 Å². The molecular formula is C18H44O6Si4. The first kappa shape index (κ1) is 26.7. The van der Waals surface area contributed by atoms with Gasteiger partial charge in [-0.2, -0.15) is 0 Å². The van der Waals surface area contributed by atoms with Gasteiger partial charge in [0.05, 0.1) is 6.61 Å². The highest BCUT2D eigenvalue weighted by Gasteiger charge is 2.51. The molecule has 0 aromatic heterocycles. The zero-order chi connectivity index (χ0) is 22.1. The Morgan fingerprint density at radius 2 is 1.00 bits per heavy atom. The van der Waals surface area contributed by atoms with Gasteiger partial charge in [0, 0.05) is 0 Å². The van der Waals surface area contributed by atoms with E-state index in [1.165, 1.54) is 0 Å². The highest BCUT2D eigenvalue weighted by molar-refractivity contribution is 6.71. The monoisotopic (exact) mass is 468 g/mol. The Morgan fingerprint density at radius 3 is 1.39 bits per heavy atom. The van der Waals surface area contributed by atoms with Crippen LogP contribution in [-0.2, 0) is 22.4 Å². The van der Waals surface area contributed by atoms with E-state index in [1.807, 2.05) is 0 Å². The van der Waals surface area contributed by atoms with Gasteiger partial charge in [-0.25, -0.2) is 0 Å². The molecule has 5 atom stereocenters. The molecule has 0 saturated carbocycles. The van der Waals surface area contributed by atoms with Crippen molar-refractivity contribution in [3.8, 4) is 0 Å². The standard InChI is InChI=1S/C18H44O6Si4/c1-25(2,3)20-13-14-15(22-26(4,5)6)16(23-27(7,8)9)17(18(19)21-14)24-28(10,11)12/h14-19H,13H2,1-12H3/t14?,15-,16+,17+,18-/m1/s1. The van der Waals surface area contributed by atoms with E-state index in [1.54, 1.807) is 0 Å². The minimum absolute atomic E-state index is 0.320. The lowest BCUT2D eigenvalue weighted by molar-refractivity contribution is -0.274. The Hall–Kier alpha value is 0.628. The molecule has 0 bridgehead atoms. The van der Waals surface area contributed by atoms with Gasteiger partial charge in [0.25, 0.3) is 0 Å². The van der Waals surface area contributed by atoms with Gasteiger partial charge in [-0.05, 0) is 78.6 Å². The quantitative estimate of drug-likeness (QED) is 0.511. The number of aliphatic hydroxyl groups excluding tert-OH is 1. The molecule has 6 nitrogen and oxygen atoms in total. The van der Waals surface area contributed by atoms with Crippen LogP contribution in [0.4, 0.5) is 0 Å². The van der Waals surface area contributed by atoms with E-state index in [0.717, 1.165) is 0 Å². The normalized spacial score (nSPS) is 30.5. The Morgan fingerprint density at radius 1 is 0.607 bits per heavy atom. The van der Waals surface area contributed by atoms with Crippen LogP contribution in [0.5, 0.6) is 0 Å². The van der Waals surface area contributed by atoms with Gasteiger partial charge in [-0.15, -0.1) is 0 Å². The molecule has 1 rings (SSSR count). The smallest absolute Gasteiger partial charge is 0.184 e. The maximum Gasteiger partial charge on any atom is 0.184 e. The molecule has 10 heteroatoms. The third kappa shape index (κ3) is 10.1. The Kier molecular flexibility index (Phi) is 8.96. The Bertz CT molecular complexity index is 492. The molecule has 1 unspecified atom stereocenters. The van der Waals surface area contributed by atoms with E-state index in [9.17, 15) is 5.11 Å². The highest BCUT2D eigenvalue weighted by Crippen LogP contribution is 2.33. The van der Waals surface area contributed by atoms with Crippen LogP contribution in [0.1, 0.15) is 0 Å². The zero-order valence-electron chi connectivity index (χ0n) is 20.1. The summed E-state index contributed by atoms with van der Waals surface area (Å²) in [5, 5.41) is 10.8. The predicted octanol–water partition coefficient (Wildman–Crippen LogP) is 4.22. The largest absolute Gasteiger partial charge is 0.415 e. The average molecular weight is 469 g/mol. The maximum absolute atomic E-state index is 10.8. The van der Waals surface area contributed by atoms with Crippen molar-refractivity contribution in [1.29, 1.82) is 0 Å². The fourth-order valence-electron chi connectivity index (χ4n) is 2.99. The summed E-state index contributed by atoms with van der Waals surface area (Å²) in [6.45, 7) is 26.1. The molecule has 0 radical (unpaired) electrons. The van der Waals surface area contributed by atoms with E-state index in [2.05, 4.69) is 78.6 Å². The van der Waals surface area contributed by atoms with Gasteiger partial charge in [0.1, 0.15) is 24.4 Å². The topological polar surface area (TPSA) is 66.4 Å². The Labute approximate surface area is 176 Å². The van der Waals surface area contributed by atoms with Crippen molar-refractivity contribution in [1.82, 2.24) is 0 Å². The van der Waals surface area contributed by atoms with Crippen LogP contribution in [0.2, 0.25) is 78.6 Å². The summed E-state index contributed by atoms with van der Waals surface area (Å²) in [6, 6.07) is 0. The summed E-state index contributed by atoms with van der Waals surface area (Å²) in [4.78, 5) is 0. The second-order valence-electron chi connectivity index (χ2n) is 11.6. The van der Waals surface area contributed by atoms with Crippen molar-refractivity contribution in [3.05, 3.63) is 0 Å². The summed E-state index contributed by atoms with van der Waals surface area (Å²) in [5.41, 5.74) is 0.